The van der Waals surface area contributed by atoms with Crippen LogP contribution < -0.4 is 15.8 Å². The molecule has 0 heterocycles. The van der Waals surface area contributed by atoms with Crippen LogP contribution in [0.5, 0.6) is 5.75 Å². The second-order valence-corrected chi connectivity index (χ2v) is 5.03. The van der Waals surface area contributed by atoms with E-state index < -0.39 is 12.0 Å². The van der Waals surface area contributed by atoms with Crippen molar-refractivity contribution in [2.45, 2.75) is 32.4 Å². The number of carbonyl (C=O) groups is 1. The first-order chi connectivity index (χ1) is 8.49. The maximum atomic E-state index is 11.2. The number of rotatable bonds is 6. The van der Waals surface area contributed by atoms with Gasteiger partial charge in [-0.1, -0.05) is 22.9 Å². The maximum Gasteiger partial charge on any atom is 0.258 e. The number of nitrogens with one attached hydrogen (secondary N) is 1. The smallest absolute Gasteiger partial charge is 0.258 e. The summed E-state index contributed by atoms with van der Waals surface area (Å²) in [5.41, 5.74) is 6.29. The Labute approximate surface area is 116 Å². The number of benzene rings is 1. The van der Waals surface area contributed by atoms with Crippen molar-refractivity contribution in [3.63, 3.8) is 0 Å². The van der Waals surface area contributed by atoms with Crippen LogP contribution in [0.25, 0.3) is 0 Å². The van der Waals surface area contributed by atoms with Gasteiger partial charge in [0.25, 0.3) is 5.91 Å². The predicted octanol–water partition coefficient (Wildman–Crippen LogP) is 2.37. The lowest BCUT2D eigenvalue weighted by molar-refractivity contribution is -0.124. The Morgan fingerprint density at radius 1 is 1.56 bits per heavy atom. The van der Waals surface area contributed by atoms with Gasteiger partial charge in [-0.25, -0.2) is 0 Å². The number of hydrogen-bond acceptors (Lipinski definition) is 3. The fourth-order valence-corrected chi connectivity index (χ4v) is 2.00. The number of halogens is 1. The molecule has 0 saturated carbocycles. The van der Waals surface area contributed by atoms with Crippen LogP contribution in [0.1, 0.15) is 31.9 Å². The number of primary amides is 1. The van der Waals surface area contributed by atoms with Crippen molar-refractivity contribution in [3.05, 3.63) is 28.2 Å². The first-order valence-electron chi connectivity index (χ1n) is 5.92. The highest BCUT2D eigenvalue weighted by atomic mass is 79.9. The van der Waals surface area contributed by atoms with E-state index in [1.807, 2.05) is 39.1 Å². The van der Waals surface area contributed by atoms with E-state index in [-0.39, 0.29) is 6.04 Å². The minimum Gasteiger partial charge on any atom is -0.480 e. The Morgan fingerprint density at radius 3 is 2.72 bits per heavy atom. The normalized spacial score (nSPS) is 14.0. The molecule has 5 heteroatoms. The SMILES string of the molecule is CCC(Oc1ccc(Br)cc1C(C)NC)C(N)=O. The zero-order valence-corrected chi connectivity index (χ0v) is 12.5. The Balaban J connectivity index is 3.04. The minimum absolute atomic E-state index is 0.128. The predicted molar refractivity (Wildman–Crippen MR) is 75.5 cm³/mol. The molecule has 18 heavy (non-hydrogen) atoms. The van der Waals surface area contributed by atoms with Crippen molar-refractivity contribution in [2.24, 2.45) is 5.73 Å². The van der Waals surface area contributed by atoms with Crippen LogP contribution in [-0.4, -0.2) is 19.1 Å². The largest absolute Gasteiger partial charge is 0.480 e. The standard InChI is InChI=1S/C13H19BrN2O2/c1-4-11(13(15)17)18-12-6-5-9(14)7-10(12)8(2)16-3/h5-8,11,16H,4H2,1-3H3,(H2,15,17). The molecule has 2 atom stereocenters. The second-order valence-electron chi connectivity index (χ2n) is 4.11. The number of hydrogen-bond donors (Lipinski definition) is 2. The summed E-state index contributed by atoms with van der Waals surface area (Å²) in [5, 5.41) is 3.15. The highest BCUT2D eigenvalue weighted by molar-refractivity contribution is 9.10. The summed E-state index contributed by atoms with van der Waals surface area (Å²) in [7, 11) is 1.88. The molecule has 100 valence electrons. The van der Waals surface area contributed by atoms with Gasteiger partial charge in [-0.05, 0) is 38.6 Å². The molecule has 0 aliphatic carbocycles. The zero-order chi connectivity index (χ0) is 13.7. The molecule has 4 nitrogen and oxygen atoms in total. The number of nitrogens with two attached hydrogens (primary N) is 1. The molecule has 1 aromatic carbocycles. The van der Waals surface area contributed by atoms with Gasteiger partial charge in [-0.15, -0.1) is 0 Å². The molecule has 0 fully saturated rings. The van der Waals surface area contributed by atoms with Gasteiger partial charge in [-0.2, -0.15) is 0 Å². The van der Waals surface area contributed by atoms with E-state index >= 15 is 0 Å². The summed E-state index contributed by atoms with van der Waals surface area (Å²) in [5.74, 6) is 0.245. The summed E-state index contributed by atoms with van der Waals surface area (Å²) in [6.07, 6.45) is -0.0346. The van der Waals surface area contributed by atoms with Crippen molar-refractivity contribution in [1.82, 2.24) is 5.32 Å². The lowest BCUT2D eigenvalue weighted by Gasteiger charge is -2.20. The third-order valence-corrected chi connectivity index (χ3v) is 3.32. The highest BCUT2D eigenvalue weighted by Gasteiger charge is 2.18. The van der Waals surface area contributed by atoms with Crippen molar-refractivity contribution in [3.8, 4) is 5.75 Å². The van der Waals surface area contributed by atoms with Gasteiger partial charge in [0.05, 0.1) is 0 Å². The molecular weight excluding hydrogens is 296 g/mol. The molecule has 0 aliphatic heterocycles. The van der Waals surface area contributed by atoms with Crippen molar-refractivity contribution in [1.29, 1.82) is 0 Å². The molecule has 2 unspecified atom stereocenters. The monoisotopic (exact) mass is 314 g/mol. The Morgan fingerprint density at radius 2 is 2.22 bits per heavy atom. The van der Waals surface area contributed by atoms with Gasteiger partial charge < -0.3 is 15.8 Å². The van der Waals surface area contributed by atoms with Gasteiger partial charge in [0.1, 0.15) is 5.75 Å². The molecule has 0 radical (unpaired) electrons. The van der Waals surface area contributed by atoms with Crippen LogP contribution in [0.2, 0.25) is 0 Å². The number of ether oxygens (including phenoxy) is 1. The van der Waals surface area contributed by atoms with Gasteiger partial charge in [0.2, 0.25) is 0 Å². The number of amides is 1. The molecule has 1 amide bonds. The van der Waals surface area contributed by atoms with Gasteiger partial charge in [0, 0.05) is 16.1 Å². The summed E-state index contributed by atoms with van der Waals surface area (Å²) in [6.45, 7) is 3.90. The van der Waals surface area contributed by atoms with Crippen molar-refractivity contribution >= 4 is 21.8 Å². The first-order valence-corrected chi connectivity index (χ1v) is 6.71. The van der Waals surface area contributed by atoms with E-state index in [1.165, 1.54) is 0 Å². The third-order valence-electron chi connectivity index (χ3n) is 2.83. The van der Waals surface area contributed by atoms with Crippen molar-refractivity contribution in [2.75, 3.05) is 7.05 Å². The van der Waals surface area contributed by atoms with E-state index in [0.717, 1.165) is 10.0 Å². The van der Waals surface area contributed by atoms with Crippen LogP contribution >= 0.6 is 15.9 Å². The molecule has 1 aromatic rings. The van der Waals surface area contributed by atoms with Gasteiger partial charge in [-0.3, -0.25) is 4.79 Å². The van der Waals surface area contributed by atoms with E-state index in [9.17, 15) is 4.79 Å². The number of carbonyl (C=O) groups excluding carboxylic acids is 1. The summed E-state index contributed by atoms with van der Waals surface area (Å²) in [4.78, 5) is 11.2. The van der Waals surface area contributed by atoms with E-state index in [2.05, 4.69) is 21.2 Å². The van der Waals surface area contributed by atoms with E-state index in [1.54, 1.807) is 0 Å². The molecule has 1 rings (SSSR count). The van der Waals surface area contributed by atoms with Crippen LogP contribution in [0.4, 0.5) is 0 Å². The quantitative estimate of drug-likeness (QED) is 0.847. The first kappa shape index (κ1) is 15.0. The van der Waals surface area contributed by atoms with Crippen LogP contribution in [0.15, 0.2) is 22.7 Å². The van der Waals surface area contributed by atoms with Crippen LogP contribution in [0, 0.1) is 0 Å². The fourth-order valence-electron chi connectivity index (χ4n) is 1.62. The average molecular weight is 315 g/mol. The Kier molecular flexibility index (Phi) is 5.62. The molecule has 0 aromatic heterocycles. The van der Waals surface area contributed by atoms with Gasteiger partial charge in [0.15, 0.2) is 6.10 Å². The molecule has 0 spiro atoms. The Hall–Kier alpha value is -1.07. The lowest BCUT2D eigenvalue weighted by Crippen LogP contribution is -2.33. The third kappa shape index (κ3) is 3.71. The lowest BCUT2D eigenvalue weighted by atomic mass is 10.1. The highest BCUT2D eigenvalue weighted by Crippen LogP contribution is 2.29. The summed E-state index contributed by atoms with van der Waals surface area (Å²) in [6, 6.07) is 5.83. The maximum absolute atomic E-state index is 11.2. The van der Waals surface area contributed by atoms with E-state index in [4.69, 9.17) is 10.5 Å². The van der Waals surface area contributed by atoms with E-state index in [0.29, 0.717) is 12.2 Å². The minimum atomic E-state index is -0.589. The zero-order valence-electron chi connectivity index (χ0n) is 10.9. The molecular formula is C13H19BrN2O2. The second kappa shape index (κ2) is 6.75. The molecule has 0 saturated heterocycles. The van der Waals surface area contributed by atoms with Crippen LogP contribution in [-0.2, 0) is 4.79 Å². The average Bonchev–Trinajstić information content (AvgIpc) is 2.35. The molecule has 3 N–H and O–H groups in total. The molecule has 0 bridgehead atoms. The summed E-state index contributed by atoms with van der Waals surface area (Å²) >= 11 is 3.43. The van der Waals surface area contributed by atoms with Crippen molar-refractivity contribution < 1.29 is 9.53 Å². The van der Waals surface area contributed by atoms with Gasteiger partial charge >= 0.3 is 0 Å². The van der Waals surface area contributed by atoms with Crippen LogP contribution in [0.3, 0.4) is 0 Å². The fraction of sp³-hybridized carbons (Fsp3) is 0.462. The molecule has 0 aliphatic rings. The topological polar surface area (TPSA) is 64.3 Å². The summed E-state index contributed by atoms with van der Waals surface area (Å²) < 4.78 is 6.67. The Bertz CT molecular complexity index is 423.